The molecule has 21 nitrogen and oxygen atoms in total. The number of esters is 2. The van der Waals surface area contributed by atoms with E-state index in [0.717, 1.165) is 11.1 Å². The largest absolute Gasteiger partial charge is 0.477 e. The summed E-state index contributed by atoms with van der Waals surface area (Å²) in [5, 5.41) is 61.4. The molecule has 2 aromatic rings. The van der Waals surface area contributed by atoms with Crippen LogP contribution in [0.15, 0.2) is 23.1 Å². The number of aromatic nitrogens is 1. The molecule has 0 unspecified atom stereocenters. The molecule has 4 aliphatic heterocycles. The summed E-state index contributed by atoms with van der Waals surface area (Å²) < 4.78 is 52.2. The molecule has 1 aromatic carbocycles. The van der Waals surface area contributed by atoms with Gasteiger partial charge < -0.3 is 83.1 Å². The van der Waals surface area contributed by atoms with Gasteiger partial charge in [-0.15, -0.1) is 0 Å². The number of cyclic esters (lactones) is 1. The van der Waals surface area contributed by atoms with Crippen LogP contribution < -0.4 is 10.7 Å². The quantitative estimate of drug-likeness (QED) is 0.104. The first-order valence-electron chi connectivity index (χ1n) is 27.5. The van der Waals surface area contributed by atoms with E-state index in [2.05, 4.69) is 5.32 Å². The number of hydrogen-bond acceptors (Lipinski definition) is 19. The molecule has 6 N–H and O–H groups in total. The van der Waals surface area contributed by atoms with Gasteiger partial charge in [-0.1, -0.05) is 26.8 Å². The van der Waals surface area contributed by atoms with E-state index in [1.807, 2.05) is 50.9 Å². The van der Waals surface area contributed by atoms with Gasteiger partial charge in [-0.3, -0.25) is 14.4 Å². The Kier molecular flexibility index (Phi) is 21.0. The first kappa shape index (κ1) is 62.5. The number of rotatable bonds is 16. The molecule has 77 heavy (non-hydrogen) atoms. The molecule has 18 atom stereocenters. The van der Waals surface area contributed by atoms with E-state index >= 15 is 0 Å². The van der Waals surface area contributed by atoms with Gasteiger partial charge in [0.25, 0.3) is 0 Å². The van der Waals surface area contributed by atoms with E-state index < -0.39 is 113 Å². The zero-order valence-electron chi connectivity index (χ0n) is 47.9. The highest BCUT2D eigenvalue weighted by Gasteiger charge is 2.54. The second-order valence-corrected chi connectivity index (χ2v) is 23.5. The van der Waals surface area contributed by atoms with Crippen LogP contribution in [0.5, 0.6) is 0 Å². The zero-order chi connectivity index (χ0) is 57.1. The molecule has 0 bridgehead atoms. The number of aryl methyl sites for hydroxylation is 1. The molecule has 21 heteroatoms. The fraction of sp³-hybridized carbons (Fsp3) is 0.786. The monoisotopic (exact) mass is 1090 g/mol. The summed E-state index contributed by atoms with van der Waals surface area (Å²) in [7, 11) is 7.07. The molecule has 3 saturated heterocycles. The lowest BCUT2D eigenvalue weighted by Gasteiger charge is -2.49. The lowest BCUT2D eigenvalue weighted by Crippen LogP contribution is -2.61. The Balaban J connectivity index is 1.18. The normalized spacial score (nSPS) is 38.0. The average Bonchev–Trinajstić information content (AvgIpc) is 3.41. The van der Waals surface area contributed by atoms with Crippen molar-refractivity contribution in [1.29, 1.82) is 0 Å². The number of carboxylic acid groups (broad SMARTS) is 1. The van der Waals surface area contributed by atoms with Crippen molar-refractivity contribution >= 4 is 28.8 Å². The maximum atomic E-state index is 14.6. The zero-order valence-corrected chi connectivity index (χ0v) is 47.9. The van der Waals surface area contributed by atoms with Crippen LogP contribution in [0.3, 0.4) is 0 Å². The van der Waals surface area contributed by atoms with Crippen molar-refractivity contribution in [1.82, 2.24) is 19.7 Å². The van der Waals surface area contributed by atoms with Crippen LogP contribution in [-0.2, 0) is 67.2 Å². The maximum Gasteiger partial charge on any atom is 0.341 e. The number of hydrogen-bond donors (Lipinski definition) is 6. The molecule has 5 heterocycles. The van der Waals surface area contributed by atoms with Gasteiger partial charge in [-0.25, -0.2) is 4.79 Å². The van der Waals surface area contributed by atoms with Crippen molar-refractivity contribution in [3.05, 3.63) is 45.2 Å². The number of aliphatic hydroxyl groups is 4. The second-order valence-electron chi connectivity index (χ2n) is 23.5. The van der Waals surface area contributed by atoms with Crippen LogP contribution in [0, 0.1) is 17.8 Å². The number of carboxylic acids is 1. The Morgan fingerprint density at radius 1 is 0.961 bits per heavy atom. The predicted molar refractivity (Wildman–Crippen MR) is 284 cm³/mol. The summed E-state index contributed by atoms with van der Waals surface area (Å²) in [5.74, 6) is -4.67. The lowest BCUT2D eigenvalue weighted by molar-refractivity contribution is -0.318. The van der Waals surface area contributed by atoms with Gasteiger partial charge in [0.05, 0.1) is 54.5 Å². The van der Waals surface area contributed by atoms with E-state index in [1.54, 1.807) is 59.1 Å². The molecule has 436 valence electrons. The molecular formula is C56H90N4O17. The standard InChI is InChI=1S/C56H90N4O17/c1-15-41-56(10,69)48(64)34(6)59(13)26-30(2)24-54(8,68)49(77-53-46(63)40(58(11)12)21-31(3)72-53)32(4)47(33(5)52(67)74-41)76-43-25-55(9,70-14)50(35(7)73-43)75-42(61)18-20-57-19-16-17-36-22-37-28-71-29-60-27-39(51(65)66)45(62)38(23-36)44(37)60/h22-23,27,30-35,40-41,43,46-50,53,57,63-64,68-69H,15-21,24-26,28-29H2,1-14H3,(H,65,66)/t30-,31-,32+,33-,34-,35+,40+,41-,43+,46-,47+,48-,49-,50+,53+,54-,55-,56-/m1/s1. The number of methoxy groups -OCH3 is 1. The molecule has 0 radical (unpaired) electrons. The minimum atomic E-state index is -1.86. The number of nitrogens with zero attached hydrogens (tertiary/aromatic N) is 3. The minimum Gasteiger partial charge on any atom is -0.477 e. The molecule has 1 aromatic heterocycles. The Labute approximate surface area is 453 Å². The van der Waals surface area contributed by atoms with Crippen LogP contribution in [0.25, 0.3) is 10.9 Å². The lowest BCUT2D eigenvalue weighted by atomic mass is 9.77. The molecule has 6 rings (SSSR count). The highest BCUT2D eigenvalue weighted by molar-refractivity contribution is 5.93. The van der Waals surface area contributed by atoms with Crippen molar-refractivity contribution in [2.75, 3.05) is 47.9 Å². The van der Waals surface area contributed by atoms with Gasteiger partial charge in [-0.2, -0.15) is 0 Å². The third kappa shape index (κ3) is 14.3. The van der Waals surface area contributed by atoms with E-state index in [9.17, 15) is 44.7 Å². The molecular weight excluding hydrogens is 1000 g/mol. The topological polar surface area (TPSA) is 267 Å². The Hall–Kier alpha value is -3.68. The van der Waals surface area contributed by atoms with Gasteiger partial charge >= 0.3 is 17.9 Å². The van der Waals surface area contributed by atoms with E-state index in [1.165, 1.54) is 20.2 Å². The van der Waals surface area contributed by atoms with Gasteiger partial charge in [0.15, 0.2) is 18.7 Å². The highest BCUT2D eigenvalue weighted by atomic mass is 16.7. The Morgan fingerprint density at radius 2 is 1.66 bits per heavy atom. The molecule has 0 amide bonds. The van der Waals surface area contributed by atoms with Gasteiger partial charge in [-0.05, 0) is 126 Å². The summed E-state index contributed by atoms with van der Waals surface area (Å²) in [5.41, 5.74) is -3.14. The molecule has 4 aliphatic rings. The van der Waals surface area contributed by atoms with Crippen LogP contribution in [0.2, 0.25) is 0 Å². The predicted octanol–water partition coefficient (Wildman–Crippen LogP) is 3.56. The maximum absolute atomic E-state index is 14.6. The average molecular weight is 1090 g/mol. The van der Waals surface area contributed by atoms with Crippen molar-refractivity contribution in [3.8, 4) is 0 Å². The van der Waals surface area contributed by atoms with Crippen molar-refractivity contribution in [2.45, 2.75) is 218 Å². The van der Waals surface area contributed by atoms with E-state index in [0.29, 0.717) is 56.4 Å². The Bertz CT molecular complexity index is 2400. The summed E-state index contributed by atoms with van der Waals surface area (Å²) in [6.45, 7) is 19.2. The number of benzene rings is 1. The van der Waals surface area contributed by atoms with Crippen LogP contribution >= 0.6 is 0 Å². The summed E-state index contributed by atoms with van der Waals surface area (Å²) in [6.07, 6.45) is -6.49. The van der Waals surface area contributed by atoms with Crippen molar-refractivity contribution in [2.24, 2.45) is 17.8 Å². The van der Waals surface area contributed by atoms with Crippen LogP contribution in [-0.4, -0.2) is 196 Å². The number of carbonyl (C=O) groups is 3. The summed E-state index contributed by atoms with van der Waals surface area (Å²) >= 11 is 0. The molecule has 0 saturated carbocycles. The molecule has 0 aliphatic carbocycles. The molecule has 3 fully saturated rings. The second kappa shape index (κ2) is 25.8. The third-order valence-electron chi connectivity index (χ3n) is 16.8. The summed E-state index contributed by atoms with van der Waals surface area (Å²) in [4.78, 5) is 56.8. The van der Waals surface area contributed by atoms with Gasteiger partial charge in [0.1, 0.15) is 41.8 Å². The number of aliphatic hydroxyl groups excluding tert-OH is 2. The SMILES string of the molecule is CC[C@H]1OC(=O)[C@H](C)[C@@H](O[C@H]2C[C@@](C)(OC)[C@@H](OC(=O)CCNCCCc3cc4c5c(c3)c(=O)c(C(=O)O)cn5COC4)[C@H](C)O2)[C@H](C)[C@@H](O[C@@H]2O[C@H](C)C[C@H](N(C)C)[C@H]2O)[C@](C)(O)C[C@@H](C)CN(C)[C@H](C)[C@@H](O)[C@]1(C)O. The van der Waals surface area contributed by atoms with E-state index in [4.69, 9.17) is 37.9 Å². The fourth-order valence-electron chi connectivity index (χ4n) is 12.3. The van der Waals surface area contributed by atoms with Gasteiger partial charge in [0.2, 0.25) is 5.43 Å². The number of carbonyl (C=O) groups excluding carboxylic acids is 2. The number of pyridine rings is 1. The van der Waals surface area contributed by atoms with Crippen LogP contribution in [0.4, 0.5) is 0 Å². The first-order valence-corrected chi connectivity index (χ1v) is 27.5. The number of aromatic carboxylic acids is 1. The number of likely N-dealkylation sites (N-methyl/N-ethyl adjacent to an activating group) is 2. The van der Waals surface area contributed by atoms with Crippen LogP contribution in [0.1, 0.15) is 129 Å². The molecule has 0 spiro atoms. The van der Waals surface area contributed by atoms with Crippen molar-refractivity contribution < 1.29 is 77.8 Å². The third-order valence-corrected chi connectivity index (χ3v) is 16.8. The summed E-state index contributed by atoms with van der Waals surface area (Å²) in [6, 6.07) is 2.81. The number of ether oxygens (including phenoxy) is 8. The number of nitrogens with one attached hydrogen (secondary N) is 1. The first-order chi connectivity index (χ1) is 36.0. The van der Waals surface area contributed by atoms with E-state index in [-0.39, 0.29) is 56.0 Å². The van der Waals surface area contributed by atoms with Crippen molar-refractivity contribution in [3.63, 3.8) is 0 Å². The van der Waals surface area contributed by atoms with Gasteiger partial charge in [0, 0.05) is 61.8 Å². The minimum absolute atomic E-state index is 0.0302. The Morgan fingerprint density at radius 3 is 2.31 bits per heavy atom. The smallest absolute Gasteiger partial charge is 0.341 e. The highest BCUT2D eigenvalue weighted by Crippen LogP contribution is 2.41. The fourth-order valence-corrected chi connectivity index (χ4v) is 12.3.